The summed E-state index contributed by atoms with van der Waals surface area (Å²) < 4.78 is 0.478. The van der Waals surface area contributed by atoms with Gasteiger partial charge in [-0.1, -0.05) is 17.8 Å². The van der Waals surface area contributed by atoms with Crippen LogP contribution in [-0.2, 0) is 0 Å². The summed E-state index contributed by atoms with van der Waals surface area (Å²) >= 11 is 3.54. The summed E-state index contributed by atoms with van der Waals surface area (Å²) in [6.45, 7) is 1.03. The monoisotopic (exact) mass is 215 g/mol. The summed E-state index contributed by atoms with van der Waals surface area (Å²) in [7, 11) is 0. The minimum absolute atomic E-state index is 0.478. The molecule has 0 unspecified atom stereocenters. The highest BCUT2D eigenvalue weighted by Crippen LogP contribution is 2.42. The van der Waals surface area contributed by atoms with Gasteiger partial charge in [0, 0.05) is 11.3 Å². The summed E-state index contributed by atoms with van der Waals surface area (Å²) in [5.41, 5.74) is 1.76. The molecule has 1 saturated carbocycles. The van der Waals surface area contributed by atoms with Gasteiger partial charge in [-0.15, -0.1) is 10.2 Å². The molecule has 0 radical (unpaired) electrons. The lowest BCUT2D eigenvalue weighted by Crippen LogP contribution is -2.40. The highest BCUT2D eigenvalue weighted by Gasteiger charge is 2.35. The molecule has 1 heterocycles. The van der Waals surface area contributed by atoms with Crippen LogP contribution < -0.4 is 5.32 Å². The van der Waals surface area contributed by atoms with E-state index in [1.54, 1.807) is 16.8 Å². The molecule has 5 heteroatoms. The molecular weight excluding hydrogens is 202 g/mol. The van der Waals surface area contributed by atoms with Gasteiger partial charge in [-0.3, -0.25) is 0 Å². The quantitative estimate of drug-likeness (QED) is 0.836. The Kier molecular flexibility index (Phi) is 2.74. The highest BCUT2D eigenvalue weighted by molar-refractivity contribution is 8.00. The summed E-state index contributed by atoms with van der Waals surface area (Å²) in [5, 5.41) is 12.0. The second-order valence-electron chi connectivity index (χ2n) is 3.34. The Labute approximate surface area is 86.3 Å². The van der Waals surface area contributed by atoms with E-state index in [-0.39, 0.29) is 0 Å². The Morgan fingerprint density at radius 3 is 3.00 bits per heavy atom. The number of hydrogen-bond acceptors (Lipinski definition) is 5. The lowest BCUT2D eigenvalue weighted by molar-refractivity contribution is 0.380. The molecule has 13 heavy (non-hydrogen) atoms. The summed E-state index contributed by atoms with van der Waals surface area (Å²) in [6, 6.07) is 0. The van der Waals surface area contributed by atoms with Crippen molar-refractivity contribution in [1.29, 1.82) is 0 Å². The lowest BCUT2D eigenvalue weighted by atomic mass is 9.84. The van der Waals surface area contributed by atoms with Gasteiger partial charge in [-0.05, 0) is 19.1 Å². The van der Waals surface area contributed by atoms with Gasteiger partial charge in [0.15, 0.2) is 0 Å². The molecule has 1 fully saturated rings. The van der Waals surface area contributed by atoms with Crippen LogP contribution in [0, 0.1) is 0 Å². The number of nitrogens with one attached hydrogen (secondary N) is 1. The predicted molar refractivity (Wildman–Crippen MR) is 58.5 cm³/mol. The highest BCUT2D eigenvalue weighted by atomic mass is 32.2. The molecular formula is C8H13N3S2. The van der Waals surface area contributed by atoms with Crippen LogP contribution in [0.15, 0.2) is 5.51 Å². The fraction of sp³-hybridized carbons (Fsp3) is 0.750. The third kappa shape index (κ3) is 1.96. The van der Waals surface area contributed by atoms with Gasteiger partial charge in [0.2, 0.25) is 5.13 Å². The number of aromatic nitrogens is 2. The maximum atomic E-state index is 3.96. The SMILES string of the molecule is CSC1(CNc2nncs2)CCC1. The largest absolute Gasteiger partial charge is 0.359 e. The van der Waals surface area contributed by atoms with Crippen molar-refractivity contribution in [3.63, 3.8) is 0 Å². The van der Waals surface area contributed by atoms with Crippen LogP contribution in [-0.4, -0.2) is 27.7 Å². The molecule has 0 atom stereocenters. The fourth-order valence-corrected chi connectivity index (χ4v) is 2.87. The molecule has 0 aliphatic heterocycles. The van der Waals surface area contributed by atoms with Crippen LogP contribution in [0.4, 0.5) is 5.13 Å². The van der Waals surface area contributed by atoms with Gasteiger partial charge in [0.1, 0.15) is 5.51 Å². The molecule has 0 spiro atoms. The maximum absolute atomic E-state index is 3.96. The zero-order valence-corrected chi connectivity index (χ0v) is 9.25. The van der Waals surface area contributed by atoms with Crippen LogP contribution in [0.25, 0.3) is 0 Å². The van der Waals surface area contributed by atoms with Gasteiger partial charge in [0.25, 0.3) is 0 Å². The predicted octanol–water partition coefficient (Wildman–Crippen LogP) is 2.24. The third-order valence-corrected chi connectivity index (χ3v) is 4.69. The molecule has 2 rings (SSSR count). The van der Waals surface area contributed by atoms with E-state index in [1.807, 2.05) is 11.8 Å². The number of hydrogen-bond donors (Lipinski definition) is 1. The number of thioether (sulfide) groups is 1. The van der Waals surface area contributed by atoms with Crippen molar-refractivity contribution in [2.45, 2.75) is 24.0 Å². The Morgan fingerprint density at radius 1 is 1.69 bits per heavy atom. The first-order valence-corrected chi connectivity index (χ1v) is 6.50. The number of nitrogens with zero attached hydrogens (tertiary/aromatic N) is 2. The van der Waals surface area contributed by atoms with Gasteiger partial charge in [-0.25, -0.2) is 0 Å². The maximum Gasteiger partial charge on any atom is 0.205 e. The average Bonchev–Trinajstić information content (AvgIpc) is 2.56. The second-order valence-corrected chi connectivity index (χ2v) is 5.45. The molecule has 1 N–H and O–H groups in total. The minimum atomic E-state index is 0.478. The molecule has 1 aliphatic carbocycles. The molecule has 1 aromatic rings. The molecule has 0 bridgehead atoms. The van der Waals surface area contributed by atoms with Crippen molar-refractivity contribution in [2.75, 3.05) is 18.1 Å². The van der Waals surface area contributed by atoms with E-state index in [2.05, 4.69) is 21.8 Å². The minimum Gasteiger partial charge on any atom is -0.359 e. The van der Waals surface area contributed by atoms with Crippen molar-refractivity contribution in [3.05, 3.63) is 5.51 Å². The molecule has 1 aromatic heterocycles. The van der Waals surface area contributed by atoms with Crippen LogP contribution >= 0.6 is 23.1 Å². The van der Waals surface area contributed by atoms with Crippen molar-refractivity contribution in [2.24, 2.45) is 0 Å². The molecule has 0 aromatic carbocycles. The standard InChI is InChI=1S/C8H13N3S2/c1-12-8(3-2-4-8)5-9-7-11-10-6-13-7/h6H,2-5H2,1H3,(H,9,11). The van der Waals surface area contributed by atoms with Crippen LogP contribution in [0.3, 0.4) is 0 Å². The van der Waals surface area contributed by atoms with Crippen molar-refractivity contribution in [1.82, 2.24) is 10.2 Å². The van der Waals surface area contributed by atoms with Crippen molar-refractivity contribution < 1.29 is 0 Å². The third-order valence-electron chi connectivity index (χ3n) is 2.62. The van der Waals surface area contributed by atoms with E-state index < -0.39 is 0 Å². The zero-order chi connectivity index (χ0) is 9.15. The first-order chi connectivity index (χ1) is 6.35. The smallest absolute Gasteiger partial charge is 0.205 e. The average molecular weight is 215 g/mol. The number of rotatable bonds is 4. The number of anilines is 1. The van der Waals surface area contributed by atoms with E-state index in [0.29, 0.717) is 4.75 Å². The van der Waals surface area contributed by atoms with E-state index >= 15 is 0 Å². The van der Waals surface area contributed by atoms with E-state index in [4.69, 9.17) is 0 Å². The second kappa shape index (κ2) is 3.84. The van der Waals surface area contributed by atoms with E-state index in [0.717, 1.165) is 11.7 Å². The molecule has 1 aliphatic rings. The van der Waals surface area contributed by atoms with E-state index in [1.165, 1.54) is 19.3 Å². The fourth-order valence-electron chi connectivity index (χ4n) is 1.51. The van der Waals surface area contributed by atoms with Gasteiger partial charge >= 0.3 is 0 Å². The van der Waals surface area contributed by atoms with E-state index in [9.17, 15) is 0 Å². The van der Waals surface area contributed by atoms with Gasteiger partial charge in [0.05, 0.1) is 0 Å². The molecule has 0 saturated heterocycles. The Bertz CT molecular complexity index is 251. The van der Waals surface area contributed by atoms with Crippen LogP contribution in [0.5, 0.6) is 0 Å². The summed E-state index contributed by atoms with van der Waals surface area (Å²) in [6.07, 6.45) is 6.24. The Balaban J connectivity index is 1.84. The summed E-state index contributed by atoms with van der Waals surface area (Å²) in [4.78, 5) is 0. The molecule has 0 amide bonds. The lowest BCUT2D eigenvalue weighted by Gasteiger charge is -2.40. The van der Waals surface area contributed by atoms with Crippen molar-refractivity contribution >= 4 is 28.2 Å². The van der Waals surface area contributed by atoms with Crippen LogP contribution in [0.2, 0.25) is 0 Å². The Hall–Kier alpha value is -0.290. The Morgan fingerprint density at radius 2 is 2.54 bits per heavy atom. The molecule has 72 valence electrons. The zero-order valence-electron chi connectivity index (χ0n) is 7.62. The molecule has 3 nitrogen and oxygen atoms in total. The van der Waals surface area contributed by atoms with Gasteiger partial charge < -0.3 is 5.32 Å². The topological polar surface area (TPSA) is 37.8 Å². The van der Waals surface area contributed by atoms with Crippen LogP contribution in [0.1, 0.15) is 19.3 Å². The normalized spacial score (nSPS) is 19.5. The van der Waals surface area contributed by atoms with Crippen molar-refractivity contribution in [3.8, 4) is 0 Å². The summed E-state index contributed by atoms with van der Waals surface area (Å²) in [5.74, 6) is 0. The first kappa shape index (κ1) is 9.27. The first-order valence-electron chi connectivity index (χ1n) is 4.40. The van der Waals surface area contributed by atoms with Gasteiger partial charge in [-0.2, -0.15) is 11.8 Å².